The van der Waals surface area contributed by atoms with Gasteiger partial charge in [0, 0.05) is 24.9 Å². The number of aryl methyl sites for hydroxylation is 1. The molecule has 2 heterocycles. The fourth-order valence-electron chi connectivity index (χ4n) is 4.39. The zero-order valence-electron chi connectivity index (χ0n) is 14.1. The van der Waals surface area contributed by atoms with Gasteiger partial charge in [0.05, 0.1) is 0 Å². The Labute approximate surface area is 138 Å². The third-order valence-corrected chi connectivity index (χ3v) is 5.91. The monoisotopic (exact) mass is 316 g/mol. The first kappa shape index (κ1) is 16.4. The lowest BCUT2D eigenvalue weighted by Gasteiger charge is -2.46. The molecule has 2 aliphatic rings. The highest BCUT2D eigenvalue weighted by atomic mass is 16.4. The van der Waals surface area contributed by atoms with Crippen molar-refractivity contribution in [1.82, 2.24) is 9.88 Å². The Morgan fingerprint density at radius 1 is 1.30 bits per heavy atom. The van der Waals surface area contributed by atoms with E-state index in [2.05, 4.69) is 22.0 Å². The first-order valence-electron chi connectivity index (χ1n) is 8.90. The van der Waals surface area contributed by atoms with Crippen molar-refractivity contribution in [1.29, 1.82) is 0 Å². The summed E-state index contributed by atoms with van der Waals surface area (Å²) >= 11 is 0. The van der Waals surface area contributed by atoms with Gasteiger partial charge in [-0.25, -0.2) is 0 Å². The Balaban J connectivity index is 1.48. The standard InChI is InChI=1S/C19H28N2O2/c1-15-12-17(4-9-20-15)14-21-10-7-19(8-11-21)5-2-16(3-6-19)13-18(22)23/h4,9,12,16H,2-3,5-8,10-11,13-14H2,1H3,(H,22,23). The average Bonchev–Trinajstić information content (AvgIpc) is 2.52. The maximum Gasteiger partial charge on any atom is 0.303 e. The summed E-state index contributed by atoms with van der Waals surface area (Å²) in [5.41, 5.74) is 2.95. The lowest BCUT2D eigenvalue weighted by atomic mass is 9.65. The average molecular weight is 316 g/mol. The molecule has 1 saturated carbocycles. The van der Waals surface area contributed by atoms with Gasteiger partial charge >= 0.3 is 5.97 Å². The molecule has 0 radical (unpaired) electrons. The van der Waals surface area contributed by atoms with Gasteiger partial charge in [0.25, 0.3) is 0 Å². The lowest BCUT2D eigenvalue weighted by molar-refractivity contribution is -0.138. The highest BCUT2D eigenvalue weighted by molar-refractivity contribution is 5.67. The van der Waals surface area contributed by atoms with Gasteiger partial charge in [-0.2, -0.15) is 0 Å². The largest absolute Gasteiger partial charge is 0.481 e. The minimum atomic E-state index is -0.631. The SMILES string of the molecule is Cc1cc(CN2CCC3(CCC(CC(=O)O)CC3)CC2)ccn1. The van der Waals surface area contributed by atoms with Crippen LogP contribution >= 0.6 is 0 Å². The molecular formula is C19H28N2O2. The molecule has 1 spiro atoms. The van der Waals surface area contributed by atoms with Crippen molar-refractivity contribution in [3.63, 3.8) is 0 Å². The molecule has 4 heteroatoms. The number of carbonyl (C=O) groups is 1. The van der Waals surface area contributed by atoms with E-state index < -0.39 is 5.97 Å². The lowest BCUT2D eigenvalue weighted by Crippen LogP contribution is -2.41. The summed E-state index contributed by atoms with van der Waals surface area (Å²) in [5, 5.41) is 8.95. The number of carboxylic acid groups (broad SMARTS) is 1. The molecule has 1 N–H and O–H groups in total. The summed E-state index contributed by atoms with van der Waals surface area (Å²) in [6, 6.07) is 4.30. The normalized spacial score (nSPS) is 22.3. The van der Waals surface area contributed by atoms with E-state index in [0.717, 1.165) is 25.1 Å². The number of carboxylic acids is 1. The zero-order chi connectivity index (χ0) is 16.3. The van der Waals surface area contributed by atoms with E-state index in [1.807, 2.05) is 13.1 Å². The van der Waals surface area contributed by atoms with Crippen LogP contribution in [-0.2, 0) is 11.3 Å². The number of piperidine rings is 1. The van der Waals surface area contributed by atoms with Gasteiger partial charge in [0.15, 0.2) is 0 Å². The third kappa shape index (κ3) is 4.31. The molecular weight excluding hydrogens is 288 g/mol. The number of aliphatic carboxylic acids is 1. The summed E-state index contributed by atoms with van der Waals surface area (Å²) in [6.07, 6.45) is 9.49. The first-order valence-corrected chi connectivity index (χ1v) is 8.90. The fourth-order valence-corrected chi connectivity index (χ4v) is 4.39. The molecule has 23 heavy (non-hydrogen) atoms. The quantitative estimate of drug-likeness (QED) is 0.921. The maximum atomic E-state index is 10.9. The Bertz CT molecular complexity index is 540. The van der Waals surface area contributed by atoms with E-state index in [1.54, 1.807) is 0 Å². The van der Waals surface area contributed by atoms with Crippen molar-refractivity contribution >= 4 is 5.97 Å². The zero-order valence-corrected chi connectivity index (χ0v) is 14.1. The molecule has 126 valence electrons. The van der Waals surface area contributed by atoms with Crippen LogP contribution in [0.3, 0.4) is 0 Å². The number of nitrogens with zero attached hydrogens (tertiary/aromatic N) is 2. The molecule has 2 fully saturated rings. The summed E-state index contributed by atoms with van der Waals surface area (Å²) in [6.45, 7) is 5.42. The molecule has 1 aliphatic heterocycles. The van der Waals surface area contributed by atoms with Crippen LogP contribution in [0.15, 0.2) is 18.3 Å². The van der Waals surface area contributed by atoms with Crippen molar-refractivity contribution in [2.45, 2.75) is 58.4 Å². The van der Waals surface area contributed by atoms with Gasteiger partial charge in [-0.3, -0.25) is 14.7 Å². The molecule has 0 aromatic carbocycles. The van der Waals surface area contributed by atoms with Crippen molar-refractivity contribution in [3.05, 3.63) is 29.6 Å². The summed E-state index contributed by atoms with van der Waals surface area (Å²) < 4.78 is 0. The van der Waals surface area contributed by atoms with E-state index in [-0.39, 0.29) is 0 Å². The van der Waals surface area contributed by atoms with Crippen LogP contribution in [0.4, 0.5) is 0 Å². The Morgan fingerprint density at radius 3 is 2.61 bits per heavy atom. The Hall–Kier alpha value is -1.42. The van der Waals surface area contributed by atoms with E-state index in [4.69, 9.17) is 5.11 Å². The van der Waals surface area contributed by atoms with Crippen LogP contribution in [0.25, 0.3) is 0 Å². The minimum Gasteiger partial charge on any atom is -0.481 e. The number of aromatic nitrogens is 1. The summed E-state index contributed by atoms with van der Waals surface area (Å²) in [7, 11) is 0. The van der Waals surface area contributed by atoms with E-state index in [9.17, 15) is 4.79 Å². The van der Waals surface area contributed by atoms with Crippen molar-refractivity contribution in [2.75, 3.05) is 13.1 Å². The summed E-state index contributed by atoms with van der Waals surface area (Å²) in [4.78, 5) is 17.7. The molecule has 1 aliphatic carbocycles. The number of likely N-dealkylation sites (tertiary alicyclic amines) is 1. The second-order valence-electron chi connectivity index (χ2n) is 7.62. The highest BCUT2D eigenvalue weighted by Crippen LogP contribution is 2.47. The topological polar surface area (TPSA) is 53.4 Å². The van der Waals surface area contributed by atoms with E-state index in [1.165, 1.54) is 44.3 Å². The van der Waals surface area contributed by atoms with Crippen LogP contribution in [0.1, 0.15) is 56.2 Å². The summed E-state index contributed by atoms with van der Waals surface area (Å²) in [5.74, 6) is -0.218. The van der Waals surface area contributed by atoms with Crippen LogP contribution in [0.5, 0.6) is 0 Å². The van der Waals surface area contributed by atoms with Crippen LogP contribution in [0.2, 0.25) is 0 Å². The molecule has 0 bridgehead atoms. The van der Waals surface area contributed by atoms with Gasteiger partial charge in [0.1, 0.15) is 0 Å². The van der Waals surface area contributed by atoms with Crippen molar-refractivity contribution in [2.24, 2.45) is 11.3 Å². The molecule has 1 saturated heterocycles. The molecule has 4 nitrogen and oxygen atoms in total. The molecule has 0 atom stereocenters. The van der Waals surface area contributed by atoms with E-state index >= 15 is 0 Å². The second kappa shape index (κ2) is 7.00. The van der Waals surface area contributed by atoms with Gasteiger partial charge in [0.2, 0.25) is 0 Å². The van der Waals surface area contributed by atoms with Crippen molar-refractivity contribution in [3.8, 4) is 0 Å². The predicted octanol–water partition coefficient (Wildman–Crippen LogP) is 3.64. The third-order valence-electron chi connectivity index (χ3n) is 5.91. The van der Waals surface area contributed by atoms with Crippen LogP contribution in [-0.4, -0.2) is 34.0 Å². The number of pyridine rings is 1. The first-order chi connectivity index (χ1) is 11.0. The number of hydrogen-bond acceptors (Lipinski definition) is 3. The van der Waals surface area contributed by atoms with Gasteiger partial charge in [-0.05, 0) is 87.6 Å². The highest BCUT2D eigenvalue weighted by Gasteiger charge is 2.38. The number of hydrogen-bond donors (Lipinski definition) is 1. The molecule has 1 aromatic rings. The number of rotatable bonds is 4. The Kier molecular flexibility index (Phi) is 5.00. The van der Waals surface area contributed by atoms with Crippen LogP contribution < -0.4 is 0 Å². The second-order valence-corrected chi connectivity index (χ2v) is 7.62. The fraction of sp³-hybridized carbons (Fsp3) is 0.684. The van der Waals surface area contributed by atoms with E-state index in [0.29, 0.717) is 17.8 Å². The predicted molar refractivity (Wildman–Crippen MR) is 90.1 cm³/mol. The molecule has 0 amide bonds. The molecule has 3 rings (SSSR count). The van der Waals surface area contributed by atoms with Crippen molar-refractivity contribution < 1.29 is 9.90 Å². The van der Waals surface area contributed by atoms with Crippen LogP contribution in [0, 0.1) is 18.3 Å². The Morgan fingerprint density at radius 2 is 2.00 bits per heavy atom. The van der Waals surface area contributed by atoms with Gasteiger partial charge < -0.3 is 5.11 Å². The van der Waals surface area contributed by atoms with Gasteiger partial charge in [-0.15, -0.1) is 0 Å². The molecule has 1 aromatic heterocycles. The maximum absolute atomic E-state index is 10.9. The smallest absolute Gasteiger partial charge is 0.303 e. The minimum absolute atomic E-state index is 0.365. The molecule has 0 unspecified atom stereocenters. The van der Waals surface area contributed by atoms with Gasteiger partial charge in [-0.1, -0.05) is 0 Å².